The van der Waals surface area contributed by atoms with Crippen LogP contribution in [0, 0.1) is 0 Å². The Bertz CT molecular complexity index is 623. The van der Waals surface area contributed by atoms with Gasteiger partial charge in [-0.1, -0.05) is 20.8 Å². The summed E-state index contributed by atoms with van der Waals surface area (Å²) in [6.45, 7) is 8.57. The van der Waals surface area contributed by atoms with E-state index >= 15 is 0 Å². The van der Waals surface area contributed by atoms with Crippen LogP contribution in [0.15, 0.2) is 16.8 Å². The molecule has 126 valence electrons. The Kier molecular flexibility index (Phi) is 5.02. The van der Waals surface area contributed by atoms with Crippen molar-refractivity contribution >= 4 is 16.5 Å². The molecular weight excluding hydrogens is 308 g/mol. The number of nitrogens with zero attached hydrogens (tertiary/aromatic N) is 2. The van der Waals surface area contributed by atoms with Gasteiger partial charge in [-0.05, 0) is 25.8 Å². The maximum absolute atomic E-state index is 5.85. The van der Waals surface area contributed by atoms with Crippen LogP contribution in [0.1, 0.15) is 50.1 Å². The largest absolute Gasteiger partial charge is 0.445 e. The van der Waals surface area contributed by atoms with Crippen molar-refractivity contribution in [1.82, 2.24) is 15.3 Å². The number of nitrogens with one attached hydrogen (secondary N) is 2. The van der Waals surface area contributed by atoms with Gasteiger partial charge in [0.15, 0.2) is 11.0 Å². The number of hydrogen-bond acceptors (Lipinski definition) is 6. The van der Waals surface area contributed by atoms with Gasteiger partial charge >= 0.3 is 0 Å². The third-order valence-corrected chi connectivity index (χ3v) is 5.04. The zero-order chi connectivity index (χ0) is 16.3. The van der Waals surface area contributed by atoms with Crippen molar-refractivity contribution in [3.05, 3.63) is 28.9 Å². The van der Waals surface area contributed by atoms with Crippen LogP contribution in [0.2, 0.25) is 0 Å². The van der Waals surface area contributed by atoms with Gasteiger partial charge in [0.1, 0.15) is 5.76 Å². The van der Waals surface area contributed by atoms with E-state index in [9.17, 15) is 0 Å². The SMILES string of the molecule is CC(C)(C)c1cnc(CCc2cnc(N[C@@H]3CCCNC3)s2)o1. The molecule has 2 N–H and O–H groups in total. The summed E-state index contributed by atoms with van der Waals surface area (Å²) in [5.74, 6) is 1.76. The summed E-state index contributed by atoms with van der Waals surface area (Å²) in [6.07, 6.45) is 8.01. The summed E-state index contributed by atoms with van der Waals surface area (Å²) >= 11 is 1.74. The monoisotopic (exact) mass is 334 g/mol. The molecule has 3 rings (SSSR count). The minimum absolute atomic E-state index is 0.0147. The fourth-order valence-corrected chi connectivity index (χ4v) is 3.53. The summed E-state index contributed by atoms with van der Waals surface area (Å²) in [5.41, 5.74) is 0.0147. The Morgan fingerprint density at radius 1 is 1.30 bits per heavy atom. The third kappa shape index (κ3) is 4.54. The first-order valence-corrected chi connectivity index (χ1v) is 9.19. The highest BCUT2D eigenvalue weighted by atomic mass is 32.1. The Morgan fingerprint density at radius 3 is 2.87 bits per heavy atom. The van der Waals surface area contributed by atoms with Crippen molar-refractivity contribution in [2.75, 3.05) is 18.4 Å². The summed E-state index contributed by atoms with van der Waals surface area (Å²) in [6, 6.07) is 0.504. The van der Waals surface area contributed by atoms with Gasteiger partial charge < -0.3 is 15.1 Å². The van der Waals surface area contributed by atoms with Gasteiger partial charge in [-0.3, -0.25) is 0 Å². The quantitative estimate of drug-likeness (QED) is 0.878. The summed E-state index contributed by atoms with van der Waals surface area (Å²) < 4.78 is 5.85. The summed E-state index contributed by atoms with van der Waals surface area (Å²) in [7, 11) is 0. The number of thiazole rings is 1. The van der Waals surface area contributed by atoms with Gasteiger partial charge in [0.2, 0.25) is 0 Å². The van der Waals surface area contributed by atoms with Crippen molar-refractivity contribution in [2.24, 2.45) is 0 Å². The molecule has 1 aliphatic heterocycles. The highest BCUT2D eigenvalue weighted by molar-refractivity contribution is 7.15. The molecule has 0 spiro atoms. The van der Waals surface area contributed by atoms with Gasteiger partial charge in [0.05, 0.1) is 6.20 Å². The van der Waals surface area contributed by atoms with E-state index < -0.39 is 0 Å². The van der Waals surface area contributed by atoms with E-state index in [-0.39, 0.29) is 5.41 Å². The molecule has 2 aromatic heterocycles. The van der Waals surface area contributed by atoms with E-state index in [1.54, 1.807) is 11.3 Å². The molecule has 2 aromatic rings. The number of anilines is 1. The summed E-state index contributed by atoms with van der Waals surface area (Å²) in [5, 5.41) is 7.97. The van der Waals surface area contributed by atoms with Crippen LogP contribution in [0.4, 0.5) is 5.13 Å². The maximum Gasteiger partial charge on any atom is 0.194 e. The molecular formula is C17H26N4OS. The molecule has 5 nitrogen and oxygen atoms in total. The molecule has 0 aromatic carbocycles. The lowest BCUT2D eigenvalue weighted by Gasteiger charge is -2.23. The van der Waals surface area contributed by atoms with Gasteiger partial charge in [-0.15, -0.1) is 11.3 Å². The molecule has 1 atom stereocenters. The van der Waals surface area contributed by atoms with Gasteiger partial charge in [0.25, 0.3) is 0 Å². The first-order chi connectivity index (χ1) is 11.0. The zero-order valence-corrected chi connectivity index (χ0v) is 15.0. The van der Waals surface area contributed by atoms with E-state index in [2.05, 4.69) is 41.4 Å². The Morgan fingerprint density at radius 2 is 2.17 bits per heavy atom. The predicted octanol–water partition coefficient (Wildman–Crippen LogP) is 3.38. The number of aromatic nitrogens is 2. The van der Waals surface area contributed by atoms with E-state index in [1.165, 1.54) is 17.7 Å². The van der Waals surface area contributed by atoms with E-state index in [0.717, 1.165) is 42.7 Å². The Labute approximate surface area is 141 Å². The van der Waals surface area contributed by atoms with E-state index in [1.807, 2.05) is 12.4 Å². The molecule has 1 fully saturated rings. The standard InChI is InChI=1S/C17H26N4OS/c1-17(2,3)14-11-19-15(22-14)7-6-13-10-20-16(23-13)21-12-5-4-8-18-9-12/h10-12,18H,4-9H2,1-3H3,(H,20,21)/t12-/m1/s1. The van der Waals surface area contributed by atoms with Crippen molar-refractivity contribution in [3.63, 3.8) is 0 Å². The molecule has 0 amide bonds. The van der Waals surface area contributed by atoms with Crippen molar-refractivity contribution in [1.29, 1.82) is 0 Å². The van der Waals surface area contributed by atoms with Crippen LogP contribution in [-0.2, 0) is 18.3 Å². The fraction of sp³-hybridized carbons (Fsp3) is 0.647. The number of rotatable bonds is 5. The van der Waals surface area contributed by atoms with Crippen molar-refractivity contribution in [2.45, 2.75) is 57.9 Å². The van der Waals surface area contributed by atoms with Crippen LogP contribution in [-0.4, -0.2) is 29.1 Å². The molecule has 3 heterocycles. The number of hydrogen-bond donors (Lipinski definition) is 2. The number of aryl methyl sites for hydroxylation is 2. The summed E-state index contributed by atoms with van der Waals surface area (Å²) in [4.78, 5) is 10.2. The van der Waals surface area contributed by atoms with Gasteiger partial charge in [-0.25, -0.2) is 9.97 Å². The second-order valence-electron chi connectivity index (χ2n) is 7.19. The van der Waals surface area contributed by atoms with Gasteiger partial charge in [0, 0.05) is 35.5 Å². The molecule has 0 aliphatic carbocycles. The predicted molar refractivity (Wildman–Crippen MR) is 94.2 cm³/mol. The highest BCUT2D eigenvalue weighted by Crippen LogP contribution is 2.25. The van der Waals surface area contributed by atoms with E-state index in [0.29, 0.717) is 6.04 Å². The fourth-order valence-electron chi connectivity index (χ4n) is 2.64. The van der Waals surface area contributed by atoms with Crippen LogP contribution >= 0.6 is 11.3 Å². The zero-order valence-electron chi connectivity index (χ0n) is 14.2. The Hall–Kier alpha value is -1.40. The molecule has 0 bridgehead atoms. The average Bonchev–Trinajstić information content (AvgIpc) is 3.15. The van der Waals surface area contributed by atoms with Crippen LogP contribution in [0.3, 0.4) is 0 Å². The van der Waals surface area contributed by atoms with Crippen LogP contribution in [0.5, 0.6) is 0 Å². The molecule has 0 saturated carbocycles. The smallest absolute Gasteiger partial charge is 0.194 e. The second-order valence-corrected chi connectivity index (χ2v) is 8.30. The molecule has 0 radical (unpaired) electrons. The lowest BCUT2D eigenvalue weighted by Crippen LogP contribution is -2.38. The molecule has 23 heavy (non-hydrogen) atoms. The number of oxazole rings is 1. The Balaban J connectivity index is 1.51. The number of piperidine rings is 1. The lowest BCUT2D eigenvalue weighted by atomic mass is 9.94. The topological polar surface area (TPSA) is 63.0 Å². The normalized spacial score (nSPS) is 19.0. The second kappa shape index (κ2) is 7.01. The first kappa shape index (κ1) is 16.5. The van der Waals surface area contributed by atoms with Gasteiger partial charge in [-0.2, -0.15) is 0 Å². The molecule has 1 saturated heterocycles. The minimum Gasteiger partial charge on any atom is -0.445 e. The third-order valence-electron chi connectivity index (χ3n) is 4.06. The molecule has 6 heteroatoms. The highest BCUT2D eigenvalue weighted by Gasteiger charge is 2.19. The first-order valence-electron chi connectivity index (χ1n) is 8.38. The molecule has 0 unspecified atom stereocenters. The van der Waals surface area contributed by atoms with E-state index in [4.69, 9.17) is 4.42 Å². The van der Waals surface area contributed by atoms with Crippen molar-refractivity contribution < 1.29 is 4.42 Å². The van der Waals surface area contributed by atoms with Crippen LogP contribution in [0.25, 0.3) is 0 Å². The maximum atomic E-state index is 5.85. The van der Waals surface area contributed by atoms with Crippen molar-refractivity contribution in [3.8, 4) is 0 Å². The molecule has 1 aliphatic rings. The van der Waals surface area contributed by atoms with Crippen LogP contribution < -0.4 is 10.6 Å². The lowest BCUT2D eigenvalue weighted by molar-refractivity contribution is 0.382. The minimum atomic E-state index is 0.0147. The average molecular weight is 334 g/mol.